The Morgan fingerprint density at radius 1 is 1.21 bits per heavy atom. The van der Waals surface area contributed by atoms with Gasteiger partial charge in [0.05, 0.1) is 0 Å². The maximum Gasteiger partial charge on any atom is 0.303 e. The first-order valence-electron chi connectivity index (χ1n) is 10.5. The van der Waals surface area contributed by atoms with Crippen molar-refractivity contribution in [1.82, 2.24) is 0 Å². The monoisotopic (exact) mass is 382 g/mol. The number of ether oxygens (including phenoxy) is 1. The number of ketones is 2. The summed E-state index contributed by atoms with van der Waals surface area (Å²) in [4.78, 5) is 35.9. The predicted molar refractivity (Wildman–Crippen MR) is 106 cm³/mol. The van der Waals surface area contributed by atoms with Crippen molar-refractivity contribution in [3.05, 3.63) is 35.5 Å². The molecule has 0 aromatic heterocycles. The highest BCUT2D eigenvalue weighted by Crippen LogP contribution is 2.64. The number of esters is 1. The average molecular weight is 383 g/mol. The molecule has 0 heterocycles. The van der Waals surface area contributed by atoms with Gasteiger partial charge in [-0.1, -0.05) is 31.6 Å². The third-order valence-electron chi connectivity index (χ3n) is 8.08. The Hall–Kier alpha value is -1.97. The van der Waals surface area contributed by atoms with Crippen LogP contribution in [0, 0.1) is 34.5 Å². The van der Waals surface area contributed by atoms with Gasteiger partial charge in [0.15, 0.2) is 11.6 Å². The third kappa shape index (κ3) is 2.75. The summed E-state index contributed by atoms with van der Waals surface area (Å²) in [6.45, 7) is 7.98. The van der Waals surface area contributed by atoms with E-state index in [0.29, 0.717) is 17.8 Å². The van der Waals surface area contributed by atoms with Crippen LogP contribution in [0.1, 0.15) is 53.4 Å². The molecule has 4 aliphatic carbocycles. The summed E-state index contributed by atoms with van der Waals surface area (Å²) in [6.07, 6.45) is 11.8. The molecule has 4 aliphatic rings. The smallest absolute Gasteiger partial charge is 0.303 e. The highest BCUT2D eigenvalue weighted by Gasteiger charge is 2.57. The summed E-state index contributed by atoms with van der Waals surface area (Å²) >= 11 is 0. The fraction of sp³-hybridized carbons (Fsp3) is 0.625. The molecule has 28 heavy (non-hydrogen) atoms. The minimum absolute atomic E-state index is 0.0434. The molecule has 4 rings (SSSR count). The summed E-state index contributed by atoms with van der Waals surface area (Å²) in [5.74, 6) is 0.987. The first kappa shape index (κ1) is 19.4. The Balaban J connectivity index is 1.66. The molecule has 0 N–H and O–H groups in total. The molecule has 0 aliphatic heterocycles. The summed E-state index contributed by atoms with van der Waals surface area (Å²) in [6, 6.07) is 0. The average Bonchev–Trinajstić information content (AvgIpc) is 2.99. The van der Waals surface area contributed by atoms with Crippen LogP contribution in [0.4, 0.5) is 0 Å². The normalized spacial score (nSPS) is 41.4. The largest absolute Gasteiger partial charge is 0.458 e. The van der Waals surface area contributed by atoms with Crippen molar-refractivity contribution < 1.29 is 19.1 Å². The molecule has 0 bridgehead atoms. The summed E-state index contributed by atoms with van der Waals surface area (Å²) in [7, 11) is 0. The number of carbonyl (C=O) groups excluding carboxylic acids is 3. The molecule has 0 saturated heterocycles. The Morgan fingerprint density at radius 3 is 2.68 bits per heavy atom. The molecule has 4 heteroatoms. The van der Waals surface area contributed by atoms with Crippen molar-refractivity contribution in [3.63, 3.8) is 0 Å². The molecular weight excluding hydrogens is 352 g/mol. The van der Waals surface area contributed by atoms with E-state index in [9.17, 15) is 14.4 Å². The van der Waals surface area contributed by atoms with Gasteiger partial charge in [-0.2, -0.15) is 0 Å². The van der Waals surface area contributed by atoms with Crippen molar-refractivity contribution in [2.24, 2.45) is 34.5 Å². The number of hydrogen-bond donors (Lipinski definition) is 0. The number of allylic oxidation sites excluding steroid dienone is 6. The number of hydrogen-bond acceptors (Lipinski definition) is 4. The standard InChI is InChI=1S/C24H30O4/c1-14-11-17-18-5-6-20(22(27)13-28-15(2)25)23(18,3)10-8-19(17)24(4)9-7-16(26)12-21(14)24/h7-9,12,14,17-18,20H,5-6,10-11,13H2,1-4H3/t14?,17?,18?,20-,23+,24-/m1/s1. The summed E-state index contributed by atoms with van der Waals surface area (Å²) < 4.78 is 5.01. The Labute approximate surface area is 167 Å². The van der Waals surface area contributed by atoms with E-state index in [0.717, 1.165) is 25.7 Å². The Morgan fingerprint density at radius 2 is 1.96 bits per heavy atom. The van der Waals surface area contributed by atoms with Gasteiger partial charge < -0.3 is 4.74 Å². The maximum absolute atomic E-state index is 12.8. The SMILES string of the molecule is CC(=O)OCC(=O)[C@H]1CCC2C3CC(C)C4=CC(=O)C=C[C@]4(C)C3=CC[C@@]21C. The molecule has 4 nitrogen and oxygen atoms in total. The minimum Gasteiger partial charge on any atom is -0.458 e. The summed E-state index contributed by atoms with van der Waals surface area (Å²) in [5, 5.41) is 0. The molecule has 0 spiro atoms. The number of carbonyl (C=O) groups is 3. The lowest BCUT2D eigenvalue weighted by molar-refractivity contribution is -0.148. The van der Waals surface area contributed by atoms with Gasteiger partial charge in [0.2, 0.25) is 0 Å². The van der Waals surface area contributed by atoms with Crippen LogP contribution in [-0.2, 0) is 19.1 Å². The molecule has 150 valence electrons. The van der Waals surface area contributed by atoms with Gasteiger partial charge in [-0.05, 0) is 73.5 Å². The van der Waals surface area contributed by atoms with Crippen LogP contribution in [0.5, 0.6) is 0 Å². The van der Waals surface area contributed by atoms with Crippen LogP contribution in [0.2, 0.25) is 0 Å². The fourth-order valence-electron chi connectivity index (χ4n) is 6.73. The summed E-state index contributed by atoms with van der Waals surface area (Å²) in [5.41, 5.74) is 2.44. The van der Waals surface area contributed by atoms with E-state index in [1.54, 1.807) is 6.08 Å². The predicted octanol–water partition coefficient (Wildman–Crippen LogP) is 4.21. The van der Waals surface area contributed by atoms with Crippen molar-refractivity contribution in [2.75, 3.05) is 6.61 Å². The fourth-order valence-corrected chi connectivity index (χ4v) is 6.73. The molecular formula is C24H30O4. The second-order valence-corrected chi connectivity index (χ2v) is 9.63. The Bertz CT molecular complexity index is 832. The van der Waals surface area contributed by atoms with Crippen LogP contribution < -0.4 is 0 Å². The van der Waals surface area contributed by atoms with Gasteiger partial charge in [-0.25, -0.2) is 0 Å². The highest BCUT2D eigenvalue weighted by atomic mass is 16.5. The lowest BCUT2D eigenvalue weighted by atomic mass is 9.50. The molecule has 2 saturated carbocycles. The van der Waals surface area contributed by atoms with E-state index in [1.807, 2.05) is 6.08 Å². The minimum atomic E-state index is -0.397. The van der Waals surface area contributed by atoms with E-state index >= 15 is 0 Å². The van der Waals surface area contributed by atoms with Crippen molar-refractivity contribution in [3.8, 4) is 0 Å². The molecule has 6 atom stereocenters. The van der Waals surface area contributed by atoms with E-state index in [-0.39, 0.29) is 34.9 Å². The van der Waals surface area contributed by atoms with Crippen LogP contribution >= 0.6 is 0 Å². The number of fused-ring (bicyclic) bond motifs is 5. The van der Waals surface area contributed by atoms with Gasteiger partial charge >= 0.3 is 5.97 Å². The van der Waals surface area contributed by atoms with Crippen molar-refractivity contribution >= 4 is 17.5 Å². The molecule has 0 amide bonds. The molecule has 2 fully saturated rings. The van der Waals surface area contributed by atoms with E-state index < -0.39 is 5.97 Å². The van der Waals surface area contributed by atoms with E-state index in [2.05, 4.69) is 32.9 Å². The molecule has 0 aromatic carbocycles. The molecule has 0 aromatic rings. The zero-order valence-corrected chi connectivity index (χ0v) is 17.3. The second-order valence-electron chi connectivity index (χ2n) is 9.63. The van der Waals surface area contributed by atoms with Gasteiger partial charge in [-0.3, -0.25) is 14.4 Å². The van der Waals surface area contributed by atoms with E-state index in [1.165, 1.54) is 18.1 Å². The van der Waals surface area contributed by atoms with Crippen molar-refractivity contribution in [2.45, 2.75) is 53.4 Å². The lowest BCUT2D eigenvalue weighted by Crippen LogP contribution is -2.46. The molecule has 3 unspecified atom stereocenters. The number of rotatable bonds is 3. The zero-order chi connectivity index (χ0) is 20.3. The molecule has 0 radical (unpaired) electrons. The van der Waals surface area contributed by atoms with Crippen LogP contribution in [0.25, 0.3) is 0 Å². The first-order chi connectivity index (χ1) is 13.2. The van der Waals surface area contributed by atoms with Crippen molar-refractivity contribution in [1.29, 1.82) is 0 Å². The first-order valence-corrected chi connectivity index (χ1v) is 10.5. The lowest BCUT2D eigenvalue weighted by Gasteiger charge is -2.54. The van der Waals surface area contributed by atoms with Crippen LogP contribution in [0.15, 0.2) is 35.5 Å². The van der Waals surface area contributed by atoms with Gasteiger partial charge in [-0.15, -0.1) is 0 Å². The maximum atomic E-state index is 12.8. The Kier molecular flexibility index (Phi) is 4.52. The highest BCUT2D eigenvalue weighted by molar-refractivity contribution is 6.01. The number of Topliss-reactive ketones (excluding diaryl/α,β-unsaturated/α-hetero) is 1. The van der Waals surface area contributed by atoms with Crippen LogP contribution in [-0.4, -0.2) is 24.1 Å². The third-order valence-corrected chi connectivity index (χ3v) is 8.08. The quantitative estimate of drug-likeness (QED) is 0.542. The van der Waals surface area contributed by atoms with Gasteiger partial charge in [0, 0.05) is 18.3 Å². The van der Waals surface area contributed by atoms with E-state index in [4.69, 9.17) is 4.74 Å². The zero-order valence-electron chi connectivity index (χ0n) is 17.3. The van der Waals surface area contributed by atoms with Gasteiger partial charge in [0.25, 0.3) is 0 Å². The van der Waals surface area contributed by atoms with Crippen LogP contribution in [0.3, 0.4) is 0 Å². The topological polar surface area (TPSA) is 60.4 Å². The van der Waals surface area contributed by atoms with Gasteiger partial charge in [0.1, 0.15) is 6.61 Å². The second kappa shape index (κ2) is 6.53.